The van der Waals surface area contributed by atoms with Crippen molar-refractivity contribution in [2.24, 2.45) is 0 Å². The van der Waals surface area contributed by atoms with Gasteiger partial charge < -0.3 is 4.57 Å². The third-order valence-corrected chi connectivity index (χ3v) is 6.00. The number of carbonyl (C=O) groups is 2. The average molecular weight is 493 g/mol. The minimum Gasteiger partial charge on any atom is -0.305 e. The highest BCUT2D eigenvalue weighted by Crippen LogP contribution is 2.23. The van der Waals surface area contributed by atoms with Crippen LogP contribution in [0.1, 0.15) is 33.3 Å². The number of amides is 2. The molecule has 2 amide bonds. The summed E-state index contributed by atoms with van der Waals surface area (Å²) in [6.45, 7) is 4.00. The predicted octanol–water partition coefficient (Wildman–Crippen LogP) is 3.65. The Bertz CT molecular complexity index is 1670. The zero-order valence-electron chi connectivity index (χ0n) is 20.3. The molecule has 9 nitrogen and oxygen atoms in total. The van der Waals surface area contributed by atoms with E-state index < -0.39 is 11.8 Å². The fourth-order valence-electron chi connectivity index (χ4n) is 4.14. The number of carbonyl (C=O) groups excluding carboxylic acids is 2. The Morgan fingerprint density at radius 3 is 2.27 bits per heavy atom. The van der Waals surface area contributed by atoms with Crippen LogP contribution in [0.3, 0.4) is 0 Å². The number of benzene rings is 3. The Hall–Kier alpha value is -5.05. The van der Waals surface area contributed by atoms with Crippen LogP contribution in [0.2, 0.25) is 0 Å². The quantitative estimate of drug-likeness (QED) is 0.364. The molecule has 0 aliphatic carbocycles. The van der Waals surface area contributed by atoms with Gasteiger partial charge in [-0.1, -0.05) is 48.5 Å². The summed E-state index contributed by atoms with van der Waals surface area (Å²) in [6, 6.07) is 23.7. The van der Waals surface area contributed by atoms with Crippen molar-refractivity contribution in [2.75, 3.05) is 0 Å². The average Bonchev–Trinajstić information content (AvgIpc) is 3.39. The van der Waals surface area contributed by atoms with Crippen molar-refractivity contribution >= 4 is 22.8 Å². The number of fused-ring (bicyclic) bond motifs is 1. The van der Waals surface area contributed by atoms with Gasteiger partial charge in [0.05, 0.1) is 22.3 Å². The summed E-state index contributed by atoms with van der Waals surface area (Å²) in [5.41, 5.74) is 8.97. The smallest absolute Gasteiger partial charge is 0.273 e. The number of nitrogens with one attached hydrogen (secondary N) is 2. The normalized spacial score (nSPS) is 10.9. The molecule has 2 aromatic heterocycles. The zero-order chi connectivity index (χ0) is 25.9. The highest BCUT2D eigenvalue weighted by atomic mass is 16.2. The van der Waals surface area contributed by atoms with Crippen LogP contribution in [0.5, 0.6) is 0 Å². The summed E-state index contributed by atoms with van der Waals surface area (Å²) in [7, 11) is 0. The Morgan fingerprint density at radius 1 is 0.892 bits per heavy atom. The lowest BCUT2D eigenvalue weighted by Crippen LogP contribution is -2.41. The third-order valence-electron chi connectivity index (χ3n) is 6.00. The minimum atomic E-state index is -0.513. The topological polar surface area (TPSA) is 111 Å². The minimum absolute atomic E-state index is 0.162. The first-order chi connectivity index (χ1) is 18.0. The summed E-state index contributed by atoms with van der Waals surface area (Å²) >= 11 is 0. The summed E-state index contributed by atoms with van der Waals surface area (Å²) in [5, 5.41) is 4.63. The molecule has 0 spiro atoms. The first kappa shape index (κ1) is 23.7. The molecular weight excluding hydrogens is 468 g/mol. The standard InChI is InChI=1S/C28H24N6O3/c1-3-33-24-15-14-20(16-23(24)29-18(2)28(33)37)26(35)30-31-27(36)22-17-34(21-12-8-5-9-13-21)32-25(22)19-10-6-4-7-11-19/h4-17H,3H2,1-2H3,(H,30,35)(H,31,36). The summed E-state index contributed by atoms with van der Waals surface area (Å²) in [5.74, 6) is -1.02. The van der Waals surface area contributed by atoms with Crippen LogP contribution >= 0.6 is 0 Å². The lowest BCUT2D eigenvalue weighted by molar-refractivity contribution is 0.0847. The third kappa shape index (κ3) is 4.62. The van der Waals surface area contributed by atoms with Gasteiger partial charge >= 0.3 is 0 Å². The van der Waals surface area contributed by atoms with E-state index in [2.05, 4.69) is 20.9 Å². The molecule has 0 radical (unpaired) electrons. The maximum atomic E-state index is 13.2. The van der Waals surface area contributed by atoms with Crippen molar-refractivity contribution in [1.82, 2.24) is 30.2 Å². The van der Waals surface area contributed by atoms with Gasteiger partial charge in [0.15, 0.2) is 0 Å². The summed E-state index contributed by atoms with van der Waals surface area (Å²) in [6.07, 6.45) is 1.63. The molecule has 2 heterocycles. The molecule has 0 unspecified atom stereocenters. The highest BCUT2D eigenvalue weighted by Gasteiger charge is 2.20. The van der Waals surface area contributed by atoms with Crippen molar-refractivity contribution in [3.05, 3.63) is 112 Å². The first-order valence-corrected chi connectivity index (χ1v) is 11.8. The van der Waals surface area contributed by atoms with Gasteiger partial charge in [-0.05, 0) is 44.2 Å². The molecule has 9 heteroatoms. The van der Waals surface area contributed by atoms with Crippen LogP contribution in [0, 0.1) is 6.92 Å². The number of aryl methyl sites for hydroxylation is 2. The molecule has 5 aromatic rings. The molecule has 0 saturated heterocycles. The summed E-state index contributed by atoms with van der Waals surface area (Å²) < 4.78 is 3.24. The second-order valence-electron chi connectivity index (χ2n) is 8.40. The number of hydrogen-bond acceptors (Lipinski definition) is 5. The van der Waals surface area contributed by atoms with E-state index in [1.165, 1.54) is 0 Å². The van der Waals surface area contributed by atoms with Gasteiger partial charge in [0.25, 0.3) is 17.4 Å². The largest absolute Gasteiger partial charge is 0.305 e. The SMILES string of the molecule is CCn1c(=O)c(C)nc2cc(C(=O)NNC(=O)c3cn(-c4ccccc4)nc3-c3ccccc3)ccc21. The van der Waals surface area contributed by atoms with Crippen LogP contribution in [0.25, 0.3) is 28.0 Å². The molecule has 2 N–H and O–H groups in total. The number of para-hydroxylation sites is 1. The fourth-order valence-corrected chi connectivity index (χ4v) is 4.14. The Morgan fingerprint density at radius 2 is 1.57 bits per heavy atom. The number of nitrogens with zero attached hydrogens (tertiary/aromatic N) is 4. The lowest BCUT2D eigenvalue weighted by Gasteiger charge is -2.11. The number of hydrogen-bond donors (Lipinski definition) is 2. The van der Waals surface area contributed by atoms with Gasteiger partial charge in [-0.25, -0.2) is 9.67 Å². The van der Waals surface area contributed by atoms with E-state index in [0.29, 0.717) is 40.1 Å². The monoisotopic (exact) mass is 492 g/mol. The zero-order valence-corrected chi connectivity index (χ0v) is 20.3. The molecule has 0 fully saturated rings. The molecule has 5 rings (SSSR count). The fraction of sp³-hybridized carbons (Fsp3) is 0.107. The van der Waals surface area contributed by atoms with Gasteiger partial charge in [-0.15, -0.1) is 0 Å². The molecule has 0 atom stereocenters. The molecular formula is C28H24N6O3. The van der Waals surface area contributed by atoms with Crippen molar-refractivity contribution in [3.8, 4) is 16.9 Å². The van der Waals surface area contributed by atoms with Crippen molar-refractivity contribution in [1.29, 1.82) is 0 Å². The van der Waals surface area contributed by atoms with E-state index in [-0.39, 0.29) is 5.56 Å². The Kier molecular flexibility index (Phi) is 6.34. The van der Waals surface area contributed by atoms with Crippen LogP contribution < -0.4 is 16.4 Å². The van der Waals surface area contributed by atoms with Gasteiger partial charge in [0, 0.05) is 23.9 Å². The number of rotatable bonds is 5. The van der Waals surface area contributed by atoms with E-state index in [1.54, 1.807) is 40.6 Å². The van der Waals surface area contributed by atoms with E-state index >= 15 is 0 Å². The molecule has 3 aromatic carbocycles. The van der Waals surface area contributed by atoms with Crippen molar-refractivity contribution in [3.63, 3.8) is 0 Å². The van der Waals surface area contributed by atoms with Crippen LogP contribution in [-0.2, 0) is 6.54 Å². The van der Waals surface area contributed by atoms with Gasteiger partial charge in [0.2, 0.25) is 0 Å². The molecule has 184 valence electrons. The second-order valence-corrected chi connectivity index (χ2v) is 8.40. The van der Waals surface area contributed by atoms with Gasteiger partial charge in [-0.3, -0.25) is 25.2 Å². The van der Waals surface area contributed by atoms with E-state index in [0.717, 1.165) is 11.3 Å². The molecule has 0 saturated carbocycles. The predicted molar refractivity (Wildman–Crippen MR) is 140 cm³/mol. The van der Waals surface area contributed by atoms with Gasteiger partial charge in [0.1, 0.15) is 11.4 Å². The lowest BCUT2D eigenvalue weighted by atomic mass is 10.1. The Balaban J connectivity index is 1.41. The number of aromatic nitrogens is 4. The summed E-state index contributed by atoms with van der Waals surface area (Å²) in [4.78, 5) is 42.7. The van der Waals surface area contributed by atoms with E-state index in [1.807, 2.05) is 67.6 Å². The molecule has 0 aliphatic rings. The maximum Gasteiger partial charge on any atom is 0.273 e. The highest BCUT2D eigenvalue weighted by molar-refractivity contribution is 6.03. The maximum absolute atomic E-state index is 13.2. The molecule has 37 heavy (non-hydrogen) atoms. The van der Waals surface area contributed by atoms with Crippen LogP contribution in [0.4, 0.5) is 0 Å². The van der Waals surface area contributed by atoms with Crippen LogP contribution in [0.15, 0.2) is 89.9 Å². The van der Waals surface area contributed by atoms with Crippen molar-refractivity contribution < 1.29 is 9.59 Å². The number of hydrazine groups is 1. The van der Waals surface area contributed by atoms with Crippen LogP contribution in [-0.4, -0.2) is 31.1 Å². The molecule has 0 aliphatic heterocycles. The van der Waals surface area contributed by atoms with E-state index in [4.69, 9.17) is 0 Å². The van der Waals surface area contributed by atoms with Gasteiger partial charge in [-0.2, -0.15) is 5.10 Å². The van der Waals surface area contributed by atoms with Crippen molar-refractivity contribution in [2.45, 2.75) is 20.4 Å². The Labute approximate surface area is 212 Å². The molecule has 0 bridgehead atoms. The first-order valence-electron chi connectivity index (χ1n) is 11.8. The second kappa shape index (κ2) is 9.90. The van der Waals surface area contributed by atoms with E-state index in [9.17, 15) is 14.4 Å².